The van der Waals surface area contributed by atoms with Crippen molar-refractivity contribution >= 4 is 28.5 Å². The van der Waals surface area contributed by atoms with Gasteiger partial charge in [0.15, 0.2) is 0 Å². The van der Waals surface area contributed by atoms with Gasteiger partial charge >= 0.3 is 0 Å². The largest absolute Gasteiger partial charge is 0.317 e. The Hall–Kier alpha value is -3.24. The zero-order chi connectivity index (χ0) is 18.5. The van der Waals surface area contributed by atoms with Crippen LogP contribution in [0.4, 0.5) is 5.13 Å². The number of amides is 1. The highest BCUT2D eigenvalue weighted by atomic mass is 32.1. The molecule has 0 atom stereocenters. The van der Waals surface area contributed by atoms with Crippen LogP contribution in [0.2, 0.25) is 0 Å². The van der Waals surface area contributed by atoms with Gasteiger partial charge in [0.2, 0.25) is 5.13 Å². The zero-order valence-corrected chi connectivity index (χ0v) is 15.2. The molecule has 0 spiro atoms. The van der Waals surface area contributed by atoms with Crippen molar-refractivity contribution in [2.24, 2.45) is 0 Å². The maximum absolute atomic E-state index is 12.3. The van der Waals surface area contributed by atoms with Crippen molar-refractivity contribution in [3.05, 3.63) is 64.9 Å². The Labute approximate surface area is 155 Å². The molecule has 0 fully saturated rings. The highest BCUT2D eigenvalue weighted by Crippen LogP contribution is 2.20. The first-order valence-corrected chi connectivity index (χ1v) is 8.93. The average Bonchev–Trinajstić information content (AvgIpc) is 3.31. The normalized spacial score (nSPS) is 11.4. The summed E-state index contributed by atoms with van der Waals surface area (Å²) in [6, 6.07) is 13.9. The minimum absolute atomic E-state index is 0.000972. The van der Waals surface area contributed by atoms with E-state index in [1.165, 1.54) is 22.4 Å². The molecule has 0 bridgehead atoms. The lowest BCUT2D eigenvalue weighted by Gasteiger charge is -2.10. The number of aromatic nitrogens is 3. The Morgan fingerprint density at radius 1 is 1.31 bits per heavy atom. The molecule has 0 aliphatic heterocycles. The van der Waals surface area contributed by atoms with E-state index in [4.69, 9.17) is 0 Å². The number of rotatable bonds is 5. The maximum Gasteiger partial charge on any atom is 0.268 e. The van der Waals surface area contributed by atoms with Gasteiger partial charge in [0.25, 0.3) is 5.91 Å². The summed E-state index contributed by atoms with van der Waals surface area (Å²) >= 11 is 1.19. The number of carbonyl (C=O) groups excluding carboxylic acids is 1. The molecule has 26 heavy (non-hydrogen) atoms. The topological polar surface area (TPSA) is 83.6 Å². The number of hydrogen-bond acceptors (Lipinski definition) is 5. The first kappa shape index (κ1) is 17.6. The number of carbonyl (C=O) groups is 1. The molecule has 0 aliphatic carbocycles. The van der Waals surface area contributed by atoms with Gasteiger partial charge in [-0.25, -0.2) is 0 Å². The van der Waals surface area contributed by atoms with E-state index in [9.17, 15) is 10.1 Å². The van der Waals surface area contributed by atoms with E-state index in [1.54, 1.807) is 6.08 Å². The van der Waals surface area contributed by atoms with E-state index in [1.807, 2.05) is 41.1 Å². The summed E-state index contributed by atoms with van der Waals surface area (Å²) in [4.78, 5) is 12.3. The van der Waals surface area contributed by atoms with Crippen molar-refractivity contribution < 1.29 is 4.79 Å². The molecular weight excluding hydrogens is 346 g/mol. The van der Waals surface area contributed by atoms with Crippen molar-refractivity contribution in [1.82, 2.24) is 14.8 Å². The van der Waals surface area contributed by atoms with Crippen molar-refractivity contribution in [2.45, 2.75) is 19.8 Å². The molecule has 7 heteroatoms. The molecule has 2 aromatic heterocycles. The molecule has 3 rings (SSSR count). The van der Waals surface area contributed by atoms with Gasteiger partial charge in [0.05, 0.1) is 0 Å². The highest BCUT2D eigenvalue weighted by molar-refractivity contribution is 7.13. The average molecular weight is 363 g/mol. The van der Waals surface area contributed by atoms with E-state index < -0.39 is 5.91 Å². The number of benzene rings is 1. The summed E-state index contributed by atoms with van der Waals surface area (Å²) in [6.45, 7) is 4.29. The Kier molecular flexibility index (Phi) is 5.25. The van der Waals surface area contributed by atoms with Crippen LogP contribution in [0.5, 0.6) is 0 Å². The second-order valence-electron chi connectivity index (χ2n) is 5.92. The van der Waals surface area contributed by atoms with Crippen LogP contribution >= 0.6 is 11.3 Å². The van der Waals surface area contributed by atoms with Crippen molar-refractivity contribution in [2.75, 3.05) is 5.32 Å². The fourth-order valence-corrected chi connectivity index (χ4v) is 2.90. The van der Waals surface area contributed by atoms with Gasteiger partial charge in [-0.15, -0.1) is 10.2 Å². The third-order valence-corrected chi connectivity index (χ3v) is 4.46. The van der Waals surface area contributed by atoms with Crippen LogP contribution < -0.4 is 5.32 Å². The Morgan fingerprint density at radius 2 is 2.08 bits per heavy atom. The van der Waals surface area contributed by atoms with E-state index in [-0.39, 0.29) is 5.57 Å². The first-order valence-electron chi connectivity index (χ1n) is 8.05. The van der Waals surface area contributed by atoms with Crippen molar-refractivity contribution in [3.8, 4) is 11.8 Å². The van der Waals surface area contributed by atoms with Gasteiger partial charge in [-0.2, -0.15) is 5.26 Å². The fourth-order valence-electron chi connectivity index (χ4n) is 2.46. The van der Waals surface area contributed by atoms with Crippen LogP contribution in [0.25, 0.3) is 11.8 Å². The smallest absolute Gasteiger partial charge is 0.268 e. The second-order valence-corrected chi connectivity index (χ2v) is 6.75. The molecule has 6 nitrogen and oxygen atoms in total. The lowest BCUT2D eigenvalue weighted by Crippen LogP contribution is -2.13. The van der Waals surface area contributed by atoms with Crippen LogP contribution in [0.3, 0.4) is 0 Å². The van der Waals surface area contributed by atoms with Crippen LogP contribution in [-0.2, 0) is 4.79 Å². The molecule has 0 saturated heterocycles. The molecule has 1 aromatic carbocycles. The predicted molar refractivity (Wildman–Crippen MR) is 102 cm³/mol. The predicted octanol–water partition coefficient (Wildman–Crippen LogP) is 4.00. The summed E-state index contributed by atoms with van der Waals surface area (Å²) in [5.41, 5.74) is 4.47. The highest BCUT2D eigenvalue weighted by Gasteiger charge is 2.12. The Balaban J connectivity index is 1.87. The summed E-state index contributed by atoms with van der Waals surface area (Å²) < 4.78 is 1.93. The van der Waals surface area contributed by atoms with E-state index in [2.05, 4.69) is 41.5 Å². The molecule has 2 heterocycles. The Bertz CT molecular complexity index is 962. The third kappa shape index (κ3) is 3.87. The monoisotopic (exact) mass is 363 g/mol. The minimum Gasteiger partial charge on any atom is -0.317 e. The van der Waals surface area contributed by atoms with E-state index >= 15 is 0 Å². The summed E-state index contributed by atoms with van der Waals surface area (Å²) in [7, 11) is 0. The van der Waals surface area contributed by atoms with Gasteiger partial charge in [-0.05, 0) is 41.8 Å². The lowest BCUT2D eigenvalue weighted by atomic mass is 10.0. The van der Waals surface area contributed by atoms with Gasteiger partial charge in [0, 0.05) is 17.6 Å². The molecule has 1 N–H and O–H groups in total. The number of nitrogens with zero attached hydrogens (tertiary/aromatic N) is 4. The SMILES string of the molecule is CC(C)c1ccc(-n2cccc2C=C(C#N)C(=O)Nc2nncs2)cc1. The number of hydrogen-bond donors (Lipinski definition) is 1. The summed E-state index contributed by atoms with van der Waals surface area (Å²) in [5.74, 6) is -0.0468. The van der Waals surface area contributed by atoms with Crippen LogP contribution in [0.15, 0.2) is 53.7 Å². The molecule has 0 radical (unpaired) electrons. The zero-order valence-electron chi connectivity index (χ0n) is 14.4. The van der Waals surface area contributed by atoms with Crippen LogP contribution in [0.1, 0.15) is 31.0 Å². The number of anilines is 1. The van der Waals surface area contributed by atoms with Gasteiger partial charge in [-0.3, -0.25) is 10.1 Å². The van der Waals surface area contributed by atoms with Crippen LogP contribution in [0, 0.1) is 11.3 Å². The standard InChI is InChI=1S/C19H17N5OS/c1-13(2)14-5-7-16(8-6-14)24-9-3-4-17(24)10-15(11-20)18(25)22-19-23-21-12-26-19/h3-10,12-13H,1-2H3,(H,22,23,25). The lowest BCUT2D eigenvalue weighted by molar-refractivity contribution is -0.112. The maximum atomic E-state index is 12.3. The molecule has 130 valence electrons. The molecule has 0 saturated carbocycles. The van der Waals surface area contributed by atoms with E-state index in [0.717, 1.165) is 11.4 Å². The van der Waals surface area contributed by atoms with Crippen LogP contribution in [-0.4, -0.2) is 20.7 Å². The summed E-state index contributed by atoms with van der Waals surface area (Å²) in [5, 5.41) is 19.7. The molecule has 3 aromatic rings. The van der Waals surface area contributed by atoms with Gasteiger partial charge < -0.3 is 4.57 Å². The van der Waals surface area contributed by atoms with E-state index in [0.29, 0.717) is 11.0 Å². The minimum atomic E-state index is -0.507. The first-order chi connectivity index (χ1) is 12.6. The fraction of sp³-hybridized carbons (Fsp3) is 0.158. The molecule has 1 amide bonds. The van der Waals surface area contributed by atoms with Crippen molar-refractivity contribution in [3.63, 3.8) is 0 Å². The second kappa shape index (κ2) is 7.76. The third-order valence-electron chi connectivity index (χ3n) is 3.86. The van der Waals surface area contributed by atoms with Gasteiger partial charge in [-0.1, -0.05) is 37.3 Å². The summed E-state index contributed by atoms with van der Waals surface area (Å²) in [6.07, 6.45) is 3.46. The quantitative estimate of drug-likeness (QED) is 0.548. The molecular formula is C19H17N5OS. The molecule has 0 aliphatic rings. The number of nitrogens with one attached hydrogen (secondary N) is 1. The number of nitriles is 1. The van der Waals surface area contributed by atoms with Crippen molar-refractivity contribution in [1.29, 1.82) is 5.26 Å². The van der Waals surface area contributed by atoms with Gasteiger partial charge in [0.1, 0.15) is 17.2 Å². The molecule has 0 unspecified atom stereocenters. The Morgan fingerprint density at radius 3 is 2.69 bits per heavy atom.